The van der Waals surface area contributed by atoms with E-state index in [2.05, 4.69) is 5.32 Å². The topological polar surface area (TPSA) is 75.6 Å². The number of ether oxygens (including phenoxy) is 1. The second-order valence-electron chi connectivity index (χ2n) is 5.41. The molecule has 1 amide bonds. The van der Waals surface area contributed by atoms with Crippen LogP contribution in [0.4, 0.5) is 0 Å². The highest BCUT2D eigenvalue weighted by Crippen LogP contribution is 2.33. The largest absolute Gasteiger partial charge is 0.493 e. The summed E-state index contributed by atoms with van der Waals surface area (Å²) in [4.78, 5) is 23.4. The summed E-state index contributed by atoms with van der Waals surface area (Å²) in [7, 11) is 0. The van der Waals surface area contributed by atoms with Crippen molar-refractivity contribution < 1.29 is 19.4 Å². The summed E-state index contributed by atoms with van der Waals surface area (Å²) < 4.78 is 5.55. The molecule has 0 saturated carbocycles. The molecule has 21 heavy (non-hydrogen) atoms. The van der Waals surface area contributed by atoms with E-state index < -0.39 is 11.9 Å². The Morgan fingerprint density at radius 1 is 1.24 bits per heavy atom. The van der Waals surface area contributed by atoms with Gasteiger partial charge in [0.1, 0.15) is 5.75 Å². The quantitative estimate of drug-likeness (QED) is 0.830. The van der Waals surface area contributed by atoms with Crippen molar-refractivity contribution in [3.05, 3.63) is 42.0 Å². The molecule has 3 rings (SSSR count). The first-order valence-corrected chi connectivity index (χ1v) is 7.08. The number of fused-ring (bicyclic) bond motifs is 1. The van der Waals surface area contributed by atoms with Crippen LogP contribution in [0.1, 0.15) is 24.3 Å². The highest BCUT2D eigenvalue weighted by molar-refractivity contribution is 5.85. The molecule has 3 atom stereocenters. The standard InChI is InChI=1S/C16H17NO4/c18-15(17-11-6-5-10(9-11)16(19)20)13-7-8-21-14-4-2-1-3-12(13)14/h1-6,10-11,13H,7-9H2,(H,17,18)(H,19,20). The van der Waals surface area contributed by atoms with E-state index in [4.69, 9.17) is 9.84 Å². The number of carbonyl (C=O) groups excluding carboxylic acids is 1. The van der Waals surface area contributed by atoms with E-state index >= 15 is 0 Å². The molecule has 0 saturated heterocycles. The number of hydrogen-bond donors (Lipinski definition) is 2. The predicted octanol–water partition coefficient (Wildman–Crippen LogP) is 1.70. The lowest BCUT2D eigenvalue weighted by molar-refractivity contribution is -0.140. The number of amides is 1. The van der Waals surface area contributed by atoms with E-state index in [1.807, 2.05) is 24.3 Å². The van der Waals surface area contributed by atoms with Crippen molar-refractivity contribution in [1.82, 2.24) is 5.32 Å². The molecule has 0 spiro atoms. The van der Waals surface area contributed by atoms with Crippen LogP contribution in [-0.2, 0) is 9.59 Å². The molecule has 2 aliphatic rings. The van der Waals surface area contributed by atoms with Crippen LogP contribution < -0.4 is 10.1 Å². The van der Waals surface area contributed by atoms with Crippen molar-refractivity contribution in [3.8, 4) is 5.75 Å². The van der Waals surface area contributed by atoms with Crippen LogP contribution in [0, 0.1) is 5.92 Å². The van der Waals surface area contributed by atoms with Gasteiger partial charge in [0.15, 0.2) is 0 Å². The molecule has 2 N–H and O–H groups in total. The lowest BCUT2D eigenvalue weighted by Crippen LogP contribution is -2.38. The van der Waals surface area contributed by atoms with Gasteiger partial charge in [0.05, 0.1) is 18.4 Å². The van der Waals surface area contributed by atoms with Gasteiger partial charge in [-0.1, -0.05) is 30.4 Å². The van der Waals surface area contributed by atoms with E-state index in [0.29, 0.717) is 19.4 Å². The molecule has 0 radical (unpaired) electrons. The van der Waals surface area contributed by atoms with E-state index in [0.717, 1.165) is 11.3 Å². The maximum atomic E-state index is 12.4. The second-order valence-corrected chi connectivity index (χ2v) is 5.41. The fourth-order valence-corrected chi connectivity index (χ4v) is 2.89. The lowest BCUT2D eigenvalue weighted by Gasteiger charge is -2.26. The number of hydrogen-bond acceptors (Lipinski definition) is 3. The summed E-state index contributed by atoms with van der Waals surface area (Å²) in [5, 5.41) is 11.9. The van der Waals surface area contributed by atoms with Gasteiger partial charge in [-0.05, 0) is 18.9 Å². The number of aliphatic carboxylic acids is 1. The Balaban J connectivity index is 1.68. The van der Waals surface area contributed by atoms with Gasteiger partial charge in [0.25, 0.3) is 0 Å². The normalized spacial score (nSPS) is 26.8. The number of carboxylic acid groups (broad SMARTS) is 1. The molecule has 1 heterocycles. The van der Waals surface area contributed by atoms with E-state index in [1.165, 1.54) is 0 Å². The molecule has 1 aliphatic heterocycles. The van der Waals surface area contributed by atoms with Gasteiger partial charge >= 0.3 is 5.97 Å². The number of benzene rings is 1. The van der Waals surface area contributed by atoms with Crippen molar-refractivity contribution in [3.63, 3.8) is 0 Å². The molecule has 110 valence electrons. The first-order chi connectivity index (χ1) is 10.1. The average Bonchev–Trinajstić information content (AvgIpc) is 2.95. The van der Waals surface area contributed by atoms with Gasteiger partial charge in [0, 0.05) is 11.6 Å². The lowest BCUT2D eigenvalue weighted by atomic mass is 9.92. The number of carbonyl (C=O) groups is 2. The van der Waals surface area contributed by atoms with Crippen molar-refractivity contribution in [2.45, 2.75) is 24.8 Å². The van der Waals surface area contributed by atoms with Gasteiger partial charge in [-0.15, -0.1) is 0 Å². The van der Waals surface area contributed by atoms with Crippen LogP contribution >= 0.6 is 0 Å². The van der Waals surface area contributed by atoms with Gasteiger partial charge in [-0.2, -0.15) is 0 Å². The molecule has 5 heteroatoms. The third-order valence-electron chi connectivity index (χ3n) is 4.00. The first-order valence-electron chi connectivity index (χ1n) is 7.08. The van der Waals surface area contributed by atoms with Crippen LogP contribution in [0.25, 0.3) is 0 Å². The van der Waals surface area contributed by atoms with E-state index in [-0.39, 0.29) is 17.9 Å². The molecular formula is C16H17NO4. The van der Waals surface area contributed by atoms with Gasteiger partial charge in [-0.25, -0.2) is 0 Å². The van der Waals surface area contributed by atoms with E-state index in [9.17, 15) is 9.59 Å². The fraction of sp³-hybridized carbons (Fsp3) is 0.375. The van der Waals surface area contributed by atoms with Crippen LogP contribution in [0.15, 0.2) is 36.4 Å². The third kappa shape index (κ3) is 2.77. The minimum absolute atomic E-state index is 0.0635. The molecule has 1 aliphatic carbocycles. The highest BCUT2D eigenvalue weighted by atomic mass is 16.5. The van der Waals surface area contributed by atoms with Crippen LogP contribution in [0.3, 0.4) is 0 Å². The molecule has 0 bridgehead atoms. The summed E-state index contributed by atoms with van der Waals surface area (Å²) in [6, 6.07) is 7.35. The van der Waals surface area contributed by atoms with Crippen molar-refractivity contribution in [2.75, 3.05) is 6.61 Å². The number of nitrogens with one attached hydrogen (secondary N) is 1. The molecule has 1 aromatic rings. The summed E-state index contributed by atoms with van der Waals surface area (Å²) >= 11 is 0. The Hall–Kier alpha value is -2.30. The fourth-order valence-electron chi connectivity index (χ4n) is 2.89. The zero-order chi connectivity index (χ0) is 14.8. The number of rotatable bonds is 3. The average molecular weight is 287 g/mol. The Bertz CT molecular complexity index is 596. The SMILES string of the molecule is O=C(O)C1C=CC(NC(=O)C2CCOc3ccccc32)C1. The zero-order valence-electron chi connectivity index (χ0n) is 11.5. The first kappa shape index (κ1) is 13.7. The molecular weight excluding hydrogens is 270 g/mol. The molecule has 0 aromatic heterocycles. The Labute approximate surface area is 122 Å². The number of carboxylic acids is 1. The van der Waals surface area contributed by atoms with Gasteiger partial charge in [-0.3, -0.25) is 9.59 Å². The van der Waals surface area contributed by atoms with Crippen LogP contribution in [0.2, 0.25) is 0 Å². The maximum Gasteiger partial charge on any atom is 0.310 e. The Morgan fingerprint density at radius 2 is 2.05 bits per heavy atom. The molecule has 3 unspecified atom stereocenters. The van der Waals surface area contributed by atoms with Crippen LogP contribution in [-0.4, -0.2) is 29.6 Å². The Morgan fingerprint density at radius 3 is 2.81 bits per heavy atom. The smallest absolute Gasteiger partial charge is 0.310 e. The summed E-state index contributed by atoms with van der Waals surface area (Å²) in [5.41, 5.74) is 0.901. The Kier molecular flexibility index (Phi) is 3.64. The van der Waals surface area contributed by atoms with Gasteiger partial charge < -0.3 is 15.2 Å². The molecule has 1 aromatic carbocycles. The zero-order valence-corrected chi connectivity index (χ0v) is 11.5. The molecule has 5 nitrogen and oxygen atoms in total. The summed E-state index contributed by atoms with van der Waals surface area (Å²) in [5.74, 6) is -0.885. The van der Waals surface area contributed by atoms with Crippen molar-refractivity contribution in [2.24, 2.45) is 5.92 Å². The molecule has 0 fully saturated rings. The minimum atomic E-state index is -0.848. The monoisotopic (exact) mass is 287 g/mol. The summed E-state index contributed by atoms with van der Waals surface area (Å²) in [6.07, 6.45) is 4.47. The second kappa shape index (κ2) is 5.60. The van der Waals surface area contributed by atoms with Crippen molar-refractivity contribution in [1.29, 1.82) is 0 Å². The van der Waals surface area contributed by atoms with Crippen molar-refractivity contribution >= 4 is 11.9 Å². The third-order valence-corrected chi connectivity index (χ3v) is 4.00. The van der Waals surface area contributed by atoms with Crippen LogP contribution in [0.5, 0.6) is 5.75 Å². The maximum absolute atomic E-state index is 12.4. The van der Waals surface area contributed by atoms with E-state index in [1.54, 1.807) is 12.2 Å². The predicted molar refractivity (Wildman–Crippen MR) is 76.1 cm³/mol. The number of para-hydroxylation sites is 1. The van der Waals surface area contributed by atoms with Gasteiger partial charge in [0.2, 0.25) is 5.91 Å². The highest BCUT2D eigenvalue weighted by Gasteiger charge is 2.31. The minimum Gasteiger partial charge on any atom is -0.493 e. The summed E-state index contributed by atoms with van der Waals surface area (Å²) in [6.45, 7) is 0.521.